The Morgan fingerprint density at radius 1 is 1.23 bits per heavy atom. The maximum absolute atomic E-state index is 12.4. The van der Waals surface area contributed by atoms with E-state index in [9.17, 15) is 9.59 Å². The average Bonchev–Trinajstić information content (AvgIpc) is 2.58. The van der Waals surface area contributed by atoms with E-state index in [0.29, 0.717) is 19.3 Å². The van der Waals surface area contributed by atoms with Crippen LogP contribution in [0.15, 0.2) is 11.5 Å². The zero-order valence-electron chi connectivity index (χ0n) is 17.3. The second-order valence-electron chi connectivity index (χ2n) is 9.51. The molecule has 1 unspecified atom stereocenters. The van der Waals surface area contributed by atoms with Crippen LogP contribution in [-0.2, 0) is 23.6 Å². The van der Waals surface area contributed by atoms with Gasteiger partial charge in [0.2, 0.25) is 0 Å². The fourth-order valence-corrected chi connectivity index (χ4v) is 3.24. The van der Waals surface area contributed by atoms with E-state index in [0.717, 1.165) is 18.3 Å². The molecule has 6 heteroatoms. The van der Waals surface area contributed by atoms with Crippen molar-refractivity contribution in [3.05, 3.63) is 11.5 Å². The van der Waals surface area contributed by atoms with E-state index >= 15 is 0 Å². The third-order valence-electron chi connectivity index (χ3n) is 5.41. The number of hydrogen-bond donors (Lipinski definition) is 0. The summed E-state index contributed by atoms with van der Waals surface area (Å²) in [5.41, 5.74) is -0.385. The van der Waals surface area contributed by atoms with Crippen molar-refractivity contribution >= 4 is 18.9 Å². The molecule has 1 fully saturated rings. The molecule has 1 atom stereocenters. The van der Waals surface area contributed by atoms with Crippen LogP contribution in [-0.4, -0.2) is 35.7 Å². The highest BCUT2D eigenvalue weighted by molar-refractivity contribution is 6.55. The van der Waals surface area contributed by atoms with Gasteiger partial charge in [-0.15, -0.1) is 0 Å². The van der Waals surface area contributed by atoms with Crippen molar-refractivity contribution in [2.45, 2.75) is 97.4 Å². The molecule has 0 radical (unpaired) electrons. The summed E-state index contributed by atoms with van der Waals surface area (Å²) in [6.45, 7) is 13.6. The maximum atomic E-state index is 12.4. The van der Waals surface area contributed by atoms with Crippen molar-refractivity contribution in [1.82, 2.24) is 0 Å². The lowest BCUT2D eigenvalue weighted by Crippen LogP contribution is -2.41. The molecule has 0 amide bonds. The molecular formula is C20H33BO5. The average molecular weight is 364 g/mol. The molecule has 5 nitrogen and oxygen atoms in total. The number of ether oxygens (including phenoxy) is 1. The highest BCUT2D eigenvalue weighted by Gasteiger charge is 2.52. The first-order chi connectivity index (χ1) is 11.8. The Bertz CT molecular complexity index is 569. The Morgan fingerprint density at radius 2 is 1.81 bits per heavy atom. The van der Waals surface area contributed by atoms with E-state index in [1.807, 2.05) is 48.5 Å². The summed E-state index contributed by atoms with van der Waals surface area (Å²) in [6, 6.07) is 0. The minimum absolute atomic E-state index is 0.0846. The van der Waals surface area contributed by atoms with E-state index < -0.39 is 23.9 Å². The summed E-state index contributed by atoms with van der Waals surface area (Å²) < 4.78 is 17.5. The molecule has 0 aromatic rings. The fourth-order valence-electron chi connectivity index (χ4n) is 3.24. The van der Waals surface area contributed by atoms with Gasteiger partial charge in [0, 0.05) is 12.8 Å². The number of allylic oxidation sites excluding steroid dienone is 2. The highest BCUT2D eigenvalue weighted by Crippen LogP contribution is 2.40. The Morgan fingerprint density at radius 3 is 2.35 bits per heavy atom. The number of carbonyl (C=O) groups is 2. The lowest BCUT2D eigenvalue weighted by Gasteiger charge is -2.32. The zero-order chi connectivity index (χ0) is 19.8. The maximum Gasteiger partial charge on any atom is 0.490 e. The molecule has 0 N–H and O–H groups in total. The Hall–Kier alpha value is -1.14. The zero-order valence-corrected chi connectivity index (χ0v) is 17.3. The first-order valence-corrected chi connectivity index (χ1v) is 9.60. The summed E-state index contributed by atoms with van der Waals surface area (Å²) in [4.78, 5) is 24.3. The van der Waals surface area contributed by atoms with Gasteiger partial charge < -0.3 is 14.0 Å². The predicted molar refractivity (Wildman–Crippen MR) is 102 cm³/mol. The van der Waals surface area contributed by atoms with Crippen LogP contribution in [0.5, 0.6) is 0 Å². The first-order valence-electron chi connectivity index (χ1n) is 9.60. The van der Waals surface area contributed by atoms with Crippen LogP contribution in [0.25, 0.3) is 0 Å². The predicted octanol–water partition coefficient (Wildman–Crippen LogP) is 4.04. The van der Waals surface area contributed by atoms with Crippen molar-refractivity contribution < 1.29 is 23.6 Å². The van der Waals surface area contributed by atoms with Crippen LogP contribution in [0.2, 0.25) is 0 Å². The molecule has 26 heavy (non-hydrogen) atoms. The number of hydrogen-bond acceptors (Lipinski definition) is 5. The van der Waals surface area contributed by atoms with Crippen LogP contribution in [0, 0.1) is 5.92 Å². The molecule has 0 spiro atoms. The van der Waals surface area contributed by atoms with E-state index in [4.69, 9.17) is 14.0 Å². The molecule has 1 aliphatic carbocycles. The second-order valence-corrected chi connectivity index (χ2v) is 9.51. The Labute approximate surface area is 158 Å². The first kappa shape index (κ1) is 21.2. The molecule has 146 valence electrons. The summed E-state index contributed by atoms with van der Waals surface area (Å²) in [6.07, 6.45) is 4.78. The van der Waals surface area contributed by atoms with Crippen molar-refractivity contribution in [3.8, 4) is 0 Å². The molecule has 0 aromatic carbocycles. The normalized spacial score (nSPS) is 25.7. The molecule has 0 aromatic heterocycles. The van der Waals surface area contributed by atoms with Crippen LogP contribution in [0.1, 0.15) is 80.6 Å². The van der Waals surface area contributed by atoms with Gasteiger partial charge in [-0.2, -0.15) is 0 Å². The van der Waals surface area contributed by atoms with Crippen LogP contribution in [0.3, 0.4) is 0 Å². The number of rotatable bonds is 4. The minimum Gasteiger partial charge on any atom is -0.460 e. The molecule has 1 saturated heterocycles. The quantitative estimate of drug-likeness (QED) is 0.557. The molecule has 0 saturated carbocycles. The summed E-state index contributed by atoms with van der Waals surface area (Å²) in [5, 5.41) is 0. The van der Waals surface area contributed by atoms with Crippen molar-refractivity contribution in [2.75, 3.05) is 0 Å². The van der Waals surface area contributed by atoms with Gasteiger partial charge in [-0.3, -0.25) is 9.59 Å². The van der Waals surface area contributed by atoms with Crippen molar-refractivity contribution in [3.63, 3.8) is 0 Å². The van der Waals surface area contributed by atoms with Gasteiger partial charge >= 0.3 is 13.1 Å². The number of ketones is 1. The smallest absolute Gasteiger partial charge is 0.460 e. The van der Waals surface area contributed by atoms with Crippen LogP contribution < -0.4 is 0 Å². The van der Waals surface area contributed by atoms with Gasteiger partial charge in [0.1, 0.15) is 5.60 Å². The molecule has 0 bridgehead atoms. The van der Waals surface area contributed by atoms with Gasteiger partial charge in [0.05, 0.1) is 11.2 Å². The fraction of sp³-hybridized carbons (Fsp3) is 0.800. The molecule has 2 rings (SSSR count). The third kappa shape index (κ3) is 5.43. The Balaban J connectivity index is 1.91. The summed E-state index contributed by atoms with van der Waals surface area (Å²) in [7, 11) is -0.464. The largest absolute Gasteiger partial charge is 0.490 e. The van der Waals surface area contributed by atoms with E-state index in [-0.39, 0.29) is 17.7 Å². The van der Waals surface area contributed by atoms with Crippen molar-refractivity contribution in [1.29, 1.82) is 0 Å². The second kappa shape index (κ2) is 7.47. The Kier molecular flexibility index (Phi) is 6.08. The third-order valence-corrected chi connectivity index (χ3v) is 5.41. The molecule has 1 heterocycles. The SMILES string of the molecule is CC(C)(C)OC(=O)CCC1CCC(B2OC(C)(C)C(C)(C)O2)=CC(=O)C1. The van der Waals surface area contributed by atoms with E-state index in [1.165, 1.54) is 0 Å². The van der Waals surface area contributed by atoms with Gasteiger partial charge in [-0.05, 0) is 85.2 Å². The summed E-state index contributed by atoms with van der Waals surface area (Å²) in [5.74, 6) is 0.0703. The van der Waals surface area contributed by atoms with Crippen LogP contribution >= 0.6 is 0 Å². The van der Waals surface area contributed by atoms with Crippen LogP contribution in [0.4, 0.5) is 0 Å². The van der Waals surface area contributed by atoms with Gasteiger partial charge in [-0.1, -0.05) is 0 Å². The highest BCUT2D eigenvalue weighted by atomic mass is 16.7. The molecular weight excluding hydrogens is 331 g/mol. The summed E-state index contributed by atoms with van der Waals surface area (Å²) >= 11 is 0. The van der Waals surface area contributed by atoms with Crippen molar-refractivity contribution in [2.24, 2.45) is 5.92 Å². The number of carbonyl (C=O) groups excluding carboxylic acids is 2. The monoisotopic (exact) mass is 364 g/mol. The molecule has 2 aliphatic rings. The van der Waals surface area contributed by atoms with Gasteiger partial charge in [0.25, 0.3) is 0 Å². The van der Waals surface area contributed by atoms with E-state index in [2.05, 4.69) is 0 Å². The lowest BCUT2D eigenvalue weighted by molar-refractivity contribution is -0.155. The number of esters is 1. The molecule has 1 aliphatic heterocycles. The van der Waals surface area contributed by atoms with Gasteiger partial charge in [0.15, 0.2) is 5.78 Å². The van der Waals surface area contributed by atoms with E-state index in [1.54, 1.807) is 6.08 Å². The van der Waals surface area contributed by atoms with Gasteiger partial charge in [-0.25, -0.2) is 0 Å². The lowest BCUT2D eigenvalue weighted by atomic mass is 9.75. The standard InChI is InChI=1S/C20H33BO5/c1-18(2,3)24-17(23)11-9-14-8-10-15(13-16(22)12-14)21-25-19(4,5)20(6,7)26-21/h13-14H,8-12H2,1-7H3. The minimum atomic E-state index is -0.470. The topological polar surface area (TPSA) is 61.8 Å².